The molecule has 0 aliphatic heterocycles. The van der Waals surface area contributed by atoms with Gasteiger partial charge in [-0.05, 0) is 6.07 Å². The number of carbonyl (C=O) groups excluding carboxylic acids is 1. The van der Waals surface area contributed by atoms with Crippen LogP contribution in [0.25, 0.3) is 11.0 Å². The molecule has 4 nitrogen and oxygen atoms in total. The summed E-state index contributed by atoms with van der Waals surface area (Å²) in [7, 11) is 1.57. The molecule has 2 aromatic heterocycles. The monoisotopic (exact) mass is 188 g/mol. The molecule has 0 aliphatic rings. The van der Waals surface area contributed by atoms with Crippen molar-refractivity contribution < 1.29 is 9.53 Å². The van der Waals surface area contributed by atoms with Crippen molar-refractivity contribution in [1.82, 2.24) is 9.97 Å². The molecule has 0 fully saturated rings. The van der Waals surface area contributed by atoms with Crippen LogP contribution < -0.4 is 4.74 Å². The molecule has 4 heteroatoms. The molecule has 70 valence electrons. The highest BCUT2D eigenvalue weighted by Crippen LogP contribution is 2.20. The first-order valence-corrected chi connectivity index (χ1v) is 4.09. The first-order chi connectivity index (χ1) is 6.85. The number of rotatable bonds is 2. The van der Waals surface area contributed by atoms with Crippen molar-refractivity contribution in [2.75, 3.05) is 7.11 Å². The minimum atomic E-state index is 0.512. The van der Waals surface area contributed by atoms with Crippen molar-refractivity contribution in [2.24, 2.45) is 0 Å². The van der Waals surface area contributed by atoms with Crippen molar-refractivity contribution in [3.63, 3.8) is 0 Å². The number of aromatic nitrogens is 2. The van der Waals surface area contributed by atoms with Crippen LogP contribution in [0.3, 0.4) is 0 Å². The topological polar surface area (TPSA) is 52.1 Å². The van der Waals surface area contributed by atoms with Gasteiger partial charge in [0.1, 0.15) is 11.3 Å². The predicted octanol–water partition coefficient (Wildman–Crippen LogP) is 1.45. The zero-order chi connectivity index (χ0) is 9.97. The van der Waals surface area contributed by atoms with Crippen LogP contribution in [0.15, 0.2) is 24.5 Å². The van der Waals surface area contributed by atoms with Crippen LogP contribution in [0, 0.1) is 0 Å². The van der Waals surface area contributed by atoms with Crippen LogP contribution in [-0.4, -0.2) is 23.4 Å². The summed E-state index contributed by atoms with van der Waals surface area (Å²) in [5.41, 5.74) is 1.84. The largest absolute Gasteiger partial charge is 0.494 e. The molecule has 0 N–H and O–H groups in total. The number of carbonyl (C=O) groups is 1. The van der Waals surface area contributed by atoms with E-state index in [9.17, 15) is 4.79 Å². The Morgan fingerprint density at radius 1 is 1.43 bits per heavy atom. The zero-order valence-electron chi connectivity index (χ0n) is 7.60. The van der Waals surface area contributed by atoms with Crippen LogP contribution in [0.1, 0.15) is 10.4 Å². The van der Waals surface area contributed by atoms with E-state index >= 15 is 0 Å². The third-order valence-corrected chi connectivity index (χ3v) is 1.92. The van der Waals surface area contributed by atoms with Crippen LogP contribution in [0.4, 0.5) is 0 Å². The molecule has 0 spiro atoms. The second-order valence-corrected chi connectivity index (χ2v) is 2.77. The first kappa shape index (κ1) is 8.62. The summed E-state index contributed by atoms with van der Waals surface area (Å²) in [6.45, 7) is 0. The van der Waals surface area contributed by atoms with E-state index < -0.39 is 0 Å². The first-order valence-electron chi connectivity index (χ1n) is 4.09. The molecular formula is C10H8N2O2. The van der Waals surface area contributed by atoms with Crippen molar-refractivity contribution in [2.45, 2.75) is 0 Å². The molecule has 0 saturated carbocycles. The highest BCUT2D eigenvalue weighted by atomic mass is 16.5. The maximum absolute atomic E-state index is 10.5. The van der Waals surface area contributed by atoms with E-state index in [1.54, 1.807) is 25.4 Å². The summed E-state index contributed by atoms with van der Waals surface area (Å²) >= 11 is 0. The molecule has 0 radical (unpaired) electrons. The van der Waals surface area contributed by atoms with E-state index in [1.807, 2.05) is 0 Å². The fourth-order valence-electron chi connectivity index (χ4n) is 1.25. The lowest BCUT2D eigenvalue weighted by Gasteiger charge is -2.02. The van der Waals surface area contributed by atoms with E-state index in [0.717, 1.165) is 6.29 Å². The predicted molar refractivity (Wildman–Crippen MR) is 51.5 cm³/mol. The fourth-order valence-corrected chi connectivity index (χ4v) is 1.25. The Bertz CT molecular complexity index is 483. The number of methoxy groups -OCH3 is 1. The van der Waals surface area contributed by atoms with Gasteiger partial charge in [0.2, 0.25) is 0 Å². The number of aldehydes is 1. The summed E-state index contributed by atoms with van der Waals surface area (Å²) in [5.74, 6) is 0.660. The molecule has 0 atom stereocenters. The summed E-state index contributed by atoms with van der Waals surface area (Å²) in [5, 5.41) is 0. The van der Waals surface area contributed by atoms with Gasteiger partial charge in [0, 0.05) is 24.0 Å². The Labute approximate surface area is 80.6 Å². The molecule has 2 aromatic rings. The van der Waals surface area contributed by atoms with Gasteiger partial charge >= 0.3 is 0 Å². The Kier molecular flexibility index (Phi) is 2.10. The van der Waals surface area contributed by atoms with Crippen molar-refractivity contribution in [1.29, 1.82) is 0 Å². The molecule has 2 heterocycles. The normalized spacial score (nSPS) is 10.1. The highest BCUT2D eigenvalue weighted by Gasteiger charge is 2.03. The fraction of sp³-hybridized carbons (Fsp3) is 0.100. The van der Waals surface area contributed by atoms with Gasteiger partial charge in [-0.3, -0.25) is 9.78 Å². The molecule has 0 unspecified atom stereocenters. The Morgan fingerprint density at radius 3 is 3.00 bits per heavy atom. The van der Waals surface area contributed by atoms with Gasteiger partial charge < -0.3 is 4.74 Å². The Morgan fingerprint density at radius 2 is 2.29 bits per heavy atom. The molecule has 0 aromatic carbocycles. The van der Waals surface area contributed by atoms with Crippen LogP contribution >= 0.6 is 0 Å². The molecule has 2 rings (SSSR count). The molecule has 0 aliphatic carbocycles. The zero-order valence-corrected chi connectivity index (χ0v) is 7.60. The Hall–Kier alpha value is -1.97. The lowest BCUT2D eigenvalue weighted by atomic mass is 10.2. The van der Waals surface area contributed by atoms with E-state index in [4.69, 9.17) is 4.74 Å². The lowest BCUT2D eigenvalue weighted by Crippen LogP contribution is -1.91. The van der Waals surface area contributed by atoms with Crippen molar-refractivity contribution in [3.05, 3.63) is 30.1 Å². The van der Waals surface area contributed by atoms with Gasteiger partial charge in [0.25, 0.3) is 0 Å². The van der Waals surface area contributed by atoms with E-state index in [1.165, 1.54) is 6.20 Å². The van der Waals surface area contributed by atoms with Crippen LogP contribution in [0.5, 0.6) is 5.75 Å². The van der Waals surface area contributed by atoms with Gasteiger partial charge in [-0.2, -0.15) is 0 Å². The average Bonchev–Trinajstić information content (AvgIpc) is 2.27. The van der Waals surface area contributed by atoms with Gasteiger partial charge in [-0.15, -0.1) is 0 Å². The minimum absolute atomic E-state index is 0.512. The quantitative estimate of drug-likeness (QED) is 0.669. The number of hydrogen-bond acceptors (Lipinski definition) is 4. The number of pyridine rings is 2. The van der Waals surface area contributed by atoms with Crippen molar-refractivity contribution >= 4 is 17.3 Å². The summed E-state index contributed by atoms with van der Waals surface area (Å²) in [6, 6.07) is 3.41. The van der Waals surface area contributed by atoms with Crippen LogP contribution in [0.2, 0.25) is 0 Å². The second-order valence-electron chi connectivity index (χ2n) is 2.77. The molecule has 0 amide bonds. The maximum atomic E-state index is 10.5. The third kappa shape index (κ3) is 1.31. The van der Waals surface area contributed by atoms with Gasteiger partial charge in [0.15, 0.2) is 6.29 Å². The summed E-state index contributed by atoms with van der Waals surface area (Å²) < 4.78 is 5.11. The number of fused-ring (bicyclic) bond motifs is 1. The number of hydrogen-bond donors (Lipinski definition) is 0. The highest BCUT2D eigenvalue weighted by molar-refractivity contribution is 5.86. The summed E-state index contributed by atoms with van der Waals surface area (Å²) in [6.07, 6.45) is 3.87. The molecule has 14 heavy (non-hydrogen) atoms. The SMILES string of the molecule is COc1ccnc2cc(C=O)cnc12. The standard InChI is InChI=1S/C10H8N2O2/c1-14-9-2-3-11-8-4-7(6-13)5-12-10(8)9/h2-6H,1H3. The summed E-state index contributed by atoms with van der Waals surface area (Å²) in [4.78, 5) is 18.7. The minimum Gasteiger partial charge on any atom is -0.494 e. The maximum Gasteiger partial charge on any atom is 0.151 e. The van der Waals surface area contributed by atoms with Gasteiger partial charge in [-0.1, -0.05) is 0 Å². The number of nitrogens with zero attached hydrogens (tertiary/aromatic N) is 2. The average molecular weight is 188 g/mol. The van der Waals surface area contributed by atoms with E-state index in [2.05, 4.69) is 9.97 Å². The molecule has 0 bridgehead atoms. The molecule has 0 saturated heterocycles. The Balaban J connectivity index is 2.73. The smallest absolute Gasteiger partial charge is 0.151 e. The van der Waals surface area contributed by atoms with Gasteiger partial charge in [0.05, 0.1) is 12.6 Å². The second kappa shape index (κ2) is 3.41. The van der Waals surface area contributed by atoms with Crippen LogP contribution in [-0.2, 0) is 0 Å². The lowest BCUT2D eigenvalue weighted by molar-refractivity contribution is 0.112. The van der Waals surface area contributed by atoms with Crippen molar-refractivity contribution in [3.8, 4) is 5.75 Å². The third-order valence-electron chi connectivity index (χ3n) is 1.92. The van der Waals surface area contributed by atoms with E-state index in [0.29, 0.717) is 22.3 Å². The van der Waals surface area contributed by atoms with E-state index in [-0.39, 0.29) is 0 Å². The van der Waals surface area contributed by atoms with Gasteiger partial charge in [-0.25, -0.2) is 4.98 Å². The number of ether oxygens (including phenoxy) is 1. The molecular weight excluding hydrogens is 180 g/mol.